The first-order valence-electron chi connectivity index (χ1n) is 14.0. The fraction of sp³-hybridized carbons (Fsp3) is 0.531. The number of ether oxygens (including phenoxy) is 1. The van der Waals surface area contributed by atoms with Gasteiger partial charge in [0, 0.05) is 18.5 Å². The molecule has 0 aliphatic heterocycles. The summed E-state index contributed by atoms with van der Waals surface area (Å²) in [4.78, 5) is 42.6. The lowest BCUT2D eigenvalue weighted by Crippen LogP contribution is -2.55. The minimum absolute atomic E-state index is 0.257. The van der Waals surface area contributed by atoms with Crippen molar-refractivity contribution in [2.24, 2.45) is 0 Å². The van der Waals surface area contributed by atoms with Crippen LogP contribution in [0.15, 0.2) is 54.6 Å². The van der Waals surface area contributed by atoms with Crippen LogP contribution >= 0.6 is 0 Å². The summed E-state index contributed by atoms with van der Waals surface area (Å²) in [5.41, 5.74) is 1.56. The highest BCUT2D eigenvalue weighted by Crippen LogP contribution is 2.25. The standard InChI is InChI=1S/C32H47N3O4/c1-9-11-21-35(27(28(36)34-31(3,4)5)25-19-17-23(10-2)18-20-25)29(37)26(22-24-15-13-12-14-16-24)33-30(38)39-32(6,7)8/h12-20,26-27H,9-11,21-22H2,1-8H3,(H,33,38)(H,34,36). The van der Waals surface area contributed by atoms with Gasteiger partial charge in [-0.25, -0.2) is 4.79 Å². The van der Waals surface area contributed by atoms with Crippen LogP contribution in [-0.4, -0.2) is 46.5 Å². The number of hydrogen-bond acceptors (Lipinski definition) is 4. The van der Waals surface area contributed by atoms with Crippen LogP contribution in [0.4, 0.5) is 4.79 Å². The van der Waals surface area contributed by atoms with Gasteiger partial charge < -0.3 is 20.3 Å². The van der Waals surface area contributed by atoms with Gasteiger partial charge in [-0.3, -0.25) is 9.59 Å². The molecule has 3 amide bonds. The zero-order valence-corrected chi connectivity index (χ0v) is 25.0. The van der Waals surface area contributed by atoms with Crippen molar-refractivity contribution in [1.29, 1.82) is 0 Å². The van der Waals surface area contributed by atoms with E-state index >= 15 is 0 Å². The zero-order valence-electron chi connectivity index (χ0n) is 25.0. The van der Waals surface area contributed by atoms with Gasteiger partial charge in [-0.1, -0.05) is 74.9 Å². The molecule has 2 unspecified atom stereocenters. The Morgan fingerprint density at radius 2 is 1.49 bits per heavy atom. The molecule has 0 spiro atoms. The Morgan fingerprint density at radius 3 is 2.00 bits per heavy atom. The number of alkyl carbamates (subject to hydrolysis) is 1. The van der Waals surface area contributed by atoms with Crippen molar-refractivity contribution in [2.45, 2.75) is 104 Å². The van der Waals surface area contributed by atoms with E-state index in [2.05, 4.69) is 17.6 Å². The molecule has 0 radical (unpaired) electrons. The molecule has 2 rings (SSSR count). The predicted octanol–water partition coefficient (Wildman–Crippen LogP) is 5.97. The minimum atomic E-state index is -0.918. The van der Waals surface area contributed by atoms with Crippen LogP contribution in [0.5, 0.6) is 0 Å². The lowest BCUT2D eigenvalue weighted by Gasteiger charge is -2.36. The monoisotopic (exact) mass is 537 g/mol. The molecule has 0 saturated carbocycles. The number of unbranched alkanes of at least 4 members (excludes halogenated alkanes) is 1. The highest BCUT2D eigenvalue weighted by Gasteiger charge is 2.37. The summed E-state index contributed by atoms with van der Waals surface area (Å²) in [5, 5.41) is 5.88. The lowest BCUT2D eigenvalue weighted by molar-refractivity contribution is -0.143. The van der Waals surface area contributed by atoms with E-state index in [1.54, 1.807) is 25.7 Å². The number of nitrogens with zero attached hydrogens (tertiary/aromatic N) is 1. The van der Waals surface area contributed by atoms with E-state index in [0.29, 0.717) is 13.0 Å². The quantitative estimate of drug-likeness (QED) is 0.370. The van der Waals surface area contributed by atoms with Gasteiger partial charge in [0.15, 0.2) is 0 Å². The molecule has 0 heterocycles. The topological polar surface area (TPSA) is 87.7 Å². The highest BCUT2D eigenvalue weighted by atomic mass is 16.6. The number of carbonyl (C=O) groups excluding carboxylic acids is 3. The largest absolute Gasteiger partial charge is 0.444 e. The van der Waals surface area contributed by atoms with Crippen LogP contribution in [0.25, 0.3) is 0 Å². The lowest BCUT2D eigenvalue weighted by atomic mass is 9.97. The fourth-order valence-corrected chi connectivity index (χ4v) is 4.24. The molecule has 0 bridgehead atoms. The Labute approximate surface area is 234 Å². The van der Waals surface area contributed by atoms with E-state index in [1.165, 1.54) is 0 Å². The van der Waals surface area contributed by atoms with E-state index in [0.717, 1.165) is 29.5 Å². The molecule has 2 N–H and O–H groups in total. The Balaban J connectivity index is 2.56. The van der Waals surface area contributed by atoms with Crippen molar-refractivity contribution < 1.29 is 19.1 Å². The molecule has 214 valence electrons. The number of nitrogens with one attached hydrogen (secondary N) is 2. The van der Waals surface area contributed by atoms with Gasteiger partial charge in [0.25, 0.3) is 0 Å². The summed E-state index contributed by atoms with van der Waals surface area (Å²) in [5.74, 6) is -0.585. The maximum absolute atomic E-state index is 14.3. The van der Waals surface area contributed by atoms with Crippen molar-refractivity contribution in [3.05, 3.63) is 71.3 Å². The molecule has 39 heavy (non-hydrogen) atoms. The van der Waals surface area contributed by atoms with Crippen LogP contribution in [0.3, 0.4) is 0 Å². The van der Waals surface area contributed by atoms with E-state index in [9.17, 15) is 14.4 Å². The average molecular weight is 538 g/mol. The van der Waals surface area contributed by atoms with Gasteiger partial charge in [0.05, 0.1) is 0 Å². The molecule has 7 nitrogen and oxygen atoms in total. The molecule has 7 heteroatoms. The Kier molecular flexibility index (Phi) is 11.6. The SMILES string of the molecule is CCCCN(C(=O)C(Cc1ccccc1)NC(=O)OC(C)(C)C)C(C(=O)NC(C)(C)C)c1ccc(CC)cc1. The van der Waals surface area contributed by atoms with Gasteiger partial charge in [-0.2, -0.15) is 0 Å². The summed E-state index contributed by atoms with van der Waals surface area (Å²) in [6, 6.07) is 15.6. The summed E-state index contributed by atoms with van der Waals surface area (Å²) >= 11 is 0. The first-order valence-corrected chi connectivity index (χ1v) is 14.0. The molecule has 0 aliphatic carbocycles. The average Bonchev–Trinajstić information content (AvgIpc) is 2.84. The number of hydrogen-bond donors (Lipinski definition) is 2. The van der Waals surface area contributed by atoms with E-state index < -0.39 is 29.3 Å². The summed E-state index contributed by atoms with van der Waals surface area (Å²) < 4.78 is 5.50. The second-order valence-corrected chi connectivity index (χ2v) is 12.0. The summed E-state index contributed by atoms with van der Waals surface area (Å²) in [6.45, 7) is 15.6. The van der Waals surface area contributed by atoms with Gasteiger partial charge in [-0.15, -0.1) is 0 Å². The molecule has 0 fully saturated rings. The number of rotatable bonds is 11. The van der Waals surface area contributed by atoms with Crippen molar-refractivity contribution in [3.63, 3.8) is 0 Å². The third kappa shape index (κ3) is 10.7. The van der Waals surface area contributed by atoms with E-state index in [4.69, 9.17) is 4.74 Å². The minimum Gasteiger partial charge on any atom is -0.444 e. The second-order valence-electron chi connectivity index (χ2n) is 12.0. The molecular weight excluding hydrogens is 490 g/mol. The fourth-order valence-electron chi connectivity index (χ4n) is 4.24. The van der Waals surface area contributed by atoms with E-state index in [-0.39, 0.29) is 18.2 Å². The smallest absolute Gasteiger partial charge is 0.408 e. The van der Waals surface area contributed by atoms with Crippen molar-refractivity contribution >= 4 is 17.9 Å². The van der Waals surface area contributed by atoms with Crippen molar-refractivity contribution in [3.8, 4) is 0 Å². The first kappa shape index (κ1) is 31.9. The Bertz CT molecular complexity index is 1070. The van der Waals surface area contributed by atoms with Gasteiger partial charge in [0.2, 0.25) is 11.8 Å². The first-order chi connectivity index (χ1) is 18.2. The number of amides is 3. The van der Waals surface area contributed by atoms with Crippen LogP contribution in [-0.2, 0) is 27.2 Å². The number of carbonyl (C=O) groups is 3. The van der Waals surface area contributed by atoms with Crippen LogP contribution in [0, 0.1) is 0 Å². The molecule has 2 aromatic rings. The van der Waals surface area contributed by atoms with Crippen LogP contribution < -0.4 is 10.6 Å². The van der Waals surface area contributed by atoms with Gasteiger partial charge in [0.1, 0.15) is 17.7 Å². The number of benzene rings is 2. The molecule has 0 aromatic heterocycles. The van der Waals surface area contributed by atoms with Gasteiger partial charge >= 0.3 is 6.09 Å². The Hall–Kier alpha value is -3.35. The van der Waals surface area contributed by atoms with Gasteiger partial charge in [-0.05, 0) is 71.1 Å². The third-order valence-corrected chi connectivity index (χ3v) is 6.07. The Morgan fingerprint density at radius 1 is 0.872 bits per heavy atom. The molecular formula is C32H47N3O4. The normalized spacial score (nSPS) is 13.2. The maximum atomic E-state index is 14.3. The maximum Gasteiger partial charge on any atom is 0.408 e. The third-order valence-electron chi connectivity index (χ3n) is 6.07. The second kappa shape index (κ2) is 14.2. The summed E-state index contributed by atoms with van der Waals surface area (Å²) in [7, 11) is 0. The molecule has 2 atom stereocenters. The highest BCUT2D eigenvalue weighted by molar-refractivity contribution is 5.92. The molecule has 0 aliphatic rings. The summed E-state index contributed by atoms with van der Waals surface area (Å²) in [6.07, 6.45) is 2.02. The van der Waals surface area contributed by atoms with E-state index in [1.807, 2.05) is 82.3 Å². The number of aryl methyl sites for hydroxylation is 1. The molecule has 0 saturated heterocycles. The van der Waals surface area contributed by atoms with Crippen molar-refractivity contribution in [1.82, 2.24) is 15.5 Å². The zero-order chi connectivity index (χ0) is 29.2. The molecule has 2 aromatic carbocycles. The van der Waals surface area contributed by atoms with Crippen LogP contribution in [0.1, 0.15) is 91.0 Å². The van der Waals surface area contributed by atoms with Crippen LogP contribution in [0.2, 0.25) is 0 Å². The van der Waals surface area contributed by atoms with Crippen molar-refractivity contribution in [2.75, 3.05) is 6.54 Å². The predicted molar refractivity (Wildman–Crippen MR) is 156 cm³/mol.